The lowest BCUT2D eigenvalue weighted by Gasteiger charge is -2.04. The molecule has 0 unspecified atom stereocenters. The number of nitro groups is 1. The van der Waals surface area contributed by atoms with Crippen LogP contribution in [0.3, 0.4) is 0 Å². The minimum Gasteiger partial charge on any atom is -0.397 e. The second-order valence-electron chi connectivity index (χ2n) is 2.28. The Hall–Kier alpha value is -1.20. The number of rotatable bonds is 1. The van der Waals surface area contributed by atoms with Gasteiger partial charge in [-0.2, -0.15) is 0 Å². The molecule has 1 aromatic rings. The molecule has 0 atom stereocenters. The summed E-state index contributed by atoms with van der Waals surface area (Å²) in [4.78, 5) is 9.75. The predicted molar refractivity (Wildman–Crippen MR) is 51.9 cm³/mol. The van der Waals surface area contributed by atoms with Gasteiger partial charge in [-0.25, -0.2) is 0 Å². The van der Waals surface area contributed by atoms with E-state index in [-0.39, 0.29) is 21.4 Å². The monoisotopic (exact) mass is 221 g/mol. The van der Waals surface area contributed by atoms with Gasteiger partial charge in [0.2, 0.25) is 0 Å². The van der Waals surface area contributed by atoms with Crippen LogP contribution >= 0.6 is 23.2 Å². The quantitative estimate of drug-likeness (QED) is 0.431. The first-order valence-corrected chi connectivity index (χ1v) is 3.88. The maximum Gasteiger partial charge on any atom is 0.314 e. The number of nitrogens with two attached hydrogens (primary N) is 2. The highest BCUT2D eigenvalue weighted by Crippen LogP contribution is 2.39. The van der Waals surface area contributed by atoms with Crippen molar-refractivity contribution in [3.63, 3.8) is 0 Å². The molecule has 13 heavy (non-hydrogen) atoms. The van der Waals surface area contributed by atoms with Crippen LogP contribution in [-0.2, 0) is 0 Å². The molecule has 0 aromatic heterocycles. The molecule has 0 radical (unpaired) electrons. The molecule has 0 aliphatic rings. The molecular weight excluding hydrogens is 217 g/mol. The number of halogens is 2. The standard InChI is InChI=1S/C6H5Cl2N3O2/c7-2-1-3(9)5(10)6(4(2)8)11(12)13/h1H,9-10H2. The molecule has 0 fully saturated rings. The van der Waals surface area contributed by atoms with Crippen LogP contribution in [0.1, 0.15) is 0 Å². The van der Waals surface area contributed by atoms with Crippen LogP contribution in [0.5, 0.6) is 0 Å². The number of hydrogen-bond acceptors (Lipinski definition) is 4. The normalized spacial score (nSPS) is 10.0. The minimum absolute atomic E-state index is 0.0140. The summed E-state index contributed by atoms with van der Waals surface area (Å²) in [7, 11) is 0. The van der Waals surface area contributed by atoms with Crippen molar-refractivity contribution in [3.05, 3.63) is 26.2 Å². The van der Waals surface area contributed by atoms with Gasteiger partial charge in [0.1, 0.15) is 10.7 Å². The number of anilines is 2. The van der Waals surface area contributed by atoms with Crippen molar-refractivity contribution in [2.24, 2.45) is 0 Å². The van der Waals surface area contributed by atoms with Gasteiger partial charge in [-0.05, 0) is 6.07 Å². The van der Waals surface area contributed by atoms with Crippen molar-refractivity contribution in [2.75, 3.05) is 11.5 Å². The molecule has 0 bridgehead atoms. The average molecular weight is 222 g/mol. The largest absolute Gasteiger partial charge is 0.397 e. The van der Waals surface area contributed by atoms with Gasteiger partial charge in [0.05, 0.1) is 15.6 Å². The summed E-state index contributed by atoms with van der Waals surface area (Å²) in [5, 5.41) is 10.3. The van der Waals surface area contributed by atoms with E-state index < -0.39 is 10.6 Å². The summed E-state index contributed by atoms with van der Waals surface area (Å²) >= 11 is 11.1. The van der Waals surface area contributed by atoms with E-state index in [1.54, 1.807) is 0 Å². The zero-order chi connectivity index (χ0) is 10.2. The van der Waals surface area contributed by atoms with Crippen LogP contribution in [0, 0.1) is 10.1 Å². The summed E-state index contributed by atoms with van der Waals surface area (Å²) < 4.78 is 0. The average Bonchev–Trinajstić information content (AvgIpc) is 2.01. The molecule has 1 rings (SSSR count). The van der Waals surface area contributed by atoms with Gasteiger partial charge in [-0.1, -0.05) is 23.2 Å². The van der Waals surface area contributed by atoms with Gasteiger partial charge in [-0.3, -0.25) is 10.1 Å². The molecule has 0 aliphatic carbocycles. The molecule has 4 N–H and O–H groups in total. The Kier molecular flexibility index (Phi) is 2.49. The van der Waals surface area contributed by atoms with Gasteiger partial charge < -0.3 is 11.5 Å². The van der Waals surface area contributed by atoms with Crippen LogP contribution in [0.25, 0.3) is 0 Å². The first-order chi connectivity index (χ1) is 5.95. The van der Waals surface area contributed by atoms with Crippen LogP contribution in [-0.4, -0.2) is 4.92 Å². The third kappa shape index (κ3) is 1.61. The Labute approximate surface area is 83.4 Å². The predicted octanol–water partition coefficient (Wildman–Crippen LogP) is 2.07. The Morgan fingerprint density at radius 2 is 1.92 bits per heavy atom. The molecule has 70 valence electrons. The van der Waals surface area contributed by atoms with Crippen LogP contribution in [0.15, 0.2) is 6.07 Å². The van der Waals surface area contributed by atoms with Gasteiger partial charge in [0, 0.05) is 0 Å². The van der Waals surface area contributed by atoms with Gasteiger partial charge in [0.25, 0.3) is 0 Å². The summed E-state index contributed by atoms with van der Waals surface area (Å²) in [5.41, 5.74) is 10.1. The minimum atomic E-state index is -0.722. The van der Waals surface area contributed by atoms with E-state index in [0.29, 0.717) is 0 Å². The first kappa shape index (κ1) is 9.88. The van der Waals surface area contributed by atoms with E-state index in [1.165, 1.54) is 6.07 Å². The molecule has 0 aliphatic heterocycles. The fourth-order valence-corrected chi connectivity index (χ4v) is 1.26. The third-order valence-electron chi connectivity index (χ3n) is 1.45. The van der Waals surface area contributed by atoms with E-state index in [1.807, 2.05) is 0 Å². The lowest BCUT2D eigenvalue weighted by molar-refractivity contribution is -0.383. The Morgan fingerprint density at radius 3 is 2.38 bits per heavy atom. The summed E-state index contributed by atoms with van der Waals surface area (Å²) in [6.45, 7) is 0. The number of hydrogen-bond donors (Lipinski definition) is 2. The molecule has 0 heterocycles. The molecule has 0 saturated carbocycles. The summed E-state index contributed by atoms with van der Waals surface area (Å²) in [5.74, 6) is 0. The zero-order valence-electron chi connectivity index (χ0n) is 6.25. The molecule has 7 heteroatoms. The Bertz CT molecular complexity index is 354. The van der Waals surface area contributed by atoms with Crippen molar-refractivity contribution in [2.45, 2.75) is 0 Å². The number of benzene rings is 1. The fraction of sp³-hybridized carbons (Fsp3) is 0. The zero-order valence-corrected chi connectivity index (χ0v) is 7.76. The van der Waals surface area contributed by atoms with Gasteiger partial charge >= 0.3 is 5.69 Å². The first-order valence-electron chi connectivity index (χ1n) is 3.12. The number of nitrogens with zero attached hydrogens (tertiary/aromatic N) is 1. The molecule has 1 aromatic carbocycles. The second kappa shape index (κ2) is 3.27. The molecule has 0 spiro atoms. The van der Waals surface area contributed by atoms with Crippen molar-refractivity contribution in [1.82, 2.24) is 0 Å². The van der Waals surface area contributed by atoms with Gasteiger partial charge in [0.15, 0.2) is 0 Å². The number of nitro benzene ring substituents is 1. The molecule has 5 nitrogen and oxygen atoms in total. The van der Waals surface area contributed by atoms with Gasteiger partial charge in [-0.15, -0.1) is 0 Å². The summed E-state index contributed by atoms with van der Waals surface area (Å²) in [6, 6.07) is 1.27. The van der Waals surface area contributed by atoms with Crippen LogP contribution in [0.4, 0.5) is 17.1 Å². The SMILES string of the molecule is Nc1cc(Cl)c(Cl)c([N+](=O)[O-])c1N. The van der Waals surface area contributed by atoms with E-state index >= 15 is 0 Å². The van der Waals surface area contributed by atoms with Crippen molar-refractivity contribution in [1.29, 1.82) is 0 Å². The van der Waals surface area contributed by atoms with E-state index in [0.717, 1.165) is 0 Å². The van der Waals surface area contributed by atoms with Crippen LogP contribution in [0.2, 0.25) is 10.0 Å². The highest BCUT2D eigenvalue weighted by atomic mass is 35.5. The summed E-state index contributed by atoms with van der Waals surface area (Å²) in [6.07, 6.45) is 0. The highest BCUT2D eigenvalue weighted by Gasteiger charge is 2.22. The maximum atomic E-state index is 10.5. The second-order valence-corrected chi connectivity index (χ2v) is 3.07. The van der Waals surface area contributed by atoms with E-state index in [4.69, 9.17) is 34.7 Å². The van der Waals surface area contributed by atoms with Crippen molar-refractivity contribution < 1.29 is 4.92 Å². The molecule has 0 amide bonds. The Morgan fingerprint density at radius 1 is 1.38 bits per heavy atom. The third-order valence-corrected chi connectivity index (χ3v) is 2.23. The van der Waals surface area contributed by atoms with Crippen molar-refractivity contribution >= 4 is 40.3 Å². The maximum absolute atomic E-state index is 10.5. The van der Waals surface area contributed by atoms with E-state index in [2.05, 4.69) is 0 Å². The van der Waals surface area contributed by atoms with Crippen LogP contribution < -0.4 is 11.5 Å². The topological polar surface area (TPSA) is 95.2 Å². The number of nitrogen functional groups attached to an aromatic ring is 2. The van der Waals surface area contributed by atoms with Crippen molar-refractivity contribution in [3.8, 4) is 0 Å². The van der Waals surface area contributed by atoms with E-state index in [9.17, 15) is 10.1 Å². The smallest absolute Gasteiger partial charge is 0.314 e. The molecule has 0 saturated heterocycles. The Balaban J connectivity index is 3.56. The fourth-order valence-electron chi connectivity index (χ4n) is 0.824. The lowest BCUT2D eigenvalue weighted by atomic mass is 10.2. The lowest BCUT2D eigenvalue weighted by Crippen LogP contribution is -2.01. The molecular formula is C6H5Cl2N3O2. The highest BCUT2D eigenvalue weighted by molar-refractivity contribution is 6.44.